The van der Waals surface area contributed by atoms with Crippen molar-refractivity contribution in [2.75, 3.05) is 7.11 Å². The summed E-state index contributed by atoms with van der Waals surface area (Å²) in [5.41, 5.74) is 0.446. The molecule has 12 heavy (non-hydrogen) atoms. The van der Waals surface area contributed by atoms with E-state index in [2.05, 4.69) is 29.5 Å². The number of rotatable bonds is 1. The number of carbonyl (C=O) groups is 1. The van der Waals surface area contributed by atoms with Crippen molar-refractivity contribution in [2.45, 2.75) is 0 Å². The van der Waals surface area contributed by atoms with E-state index in [0.717, 1.165) is 0 Å². The van der Waals surface area contributed by atoms with Gasteiger partial charge in [-0.15, -0.1) is 0 Å². The SMILES string of the molecule is COC(=O)c1cc[c-]nc1.[Zn+][Br]. The molecule has 0 atom stereocenters. The summed E-state index contributed by atoms with van der Waals surface area (Å²) in [6.07, 6.45) is 3.96. The van der Waals surface area contributed by atoms with Gasteiger partial charge in [0.25, 0.3) is 0 Å². The Labute approximate surface area is 87.6 Å². The van der Waals surface area contributed by atoms with Crippen molar-refractivity contribution in [1.29, 1.82) is 0 Å². The molecular weight excluding hydrogens is 275 g/mol. The number of hydrogen-bond donors (Lipinski definition) is 0. The molecule has 0 amide bonds. The van der Waals surface area contributed by atoms with Crippen LogP contribution < -0.4 is 0 Å². The van der Waals surface area contributed by atoms with Crippen LogP contribution in [0.2, 0.25) is 0 Å². The monoisotopic (exact) mass is 279 g/mol. The fourth-order valence-corrected chi connectivity index (χ4v) is 0.559. The molecule has 3 nitrogen and oxygen atoms in total. The molecule has 0 aromatic carbocycles. The number of aromatic nitrogens is 1. The number of carbonyl (C=O) groups excluding carboxylic acids is 1. The number of pyridine rings is 1. The molecule has 1 rings (SSSR count). The summed E-state index contributed by atoms with van der Waals surface area (Å²) in [4.78, 5) is 14.4. The zero-order chi connectivity index (χ0) is 9.40. The summed E-state index contributed by atoms with van der Waals surface area (Å²) in [7, 11) is 1.33. The van der Waals surface area contributed by atoms with Gasteiger partial charge in [-0.1, -0.05) is 12.4 Å². The molecule has 1 heterocycles. The number of hydrogen-bond acceptors (Lipinski definition) is 3. The van der Waals surface area contributed by atoms with E-state index in [1.165, 1.54) is 29.6 Å². The molecule has 0 aliphatic heterocycles. The van der Waals surface area contributed by atoms with Gasteiger partial charge >= 0.3 is 35.9 Å². The predicted octanol–water partition coefficient (Wildman–Crippen LogP) is 1.51. The van der Waals surface area contributed by atoms with E-state index in [-0.39, 0.29) is 5.97 Å². The maximum absolute atomic E-state index is 10.7. The zero-order valence-electron chi connectivity index (χ0n) is 6.58. The molecule has 0 saturated heterocycles. The fourth-order valence-electron chi connectivity index (χ4n) is 0.559. The number of nitrogens with zero attached hydrogens (tertiary/aromatic N) is 1. The van der Waals surface area contributed by atoms with Crippen LogP contribution in [0.4, 0.5) is 0 Å². The number of ether oxygens (including phenoxy) is 1. The van der Waals surface area contributed by atoms with Crippen LogP contribution in [0.1, 0.15) is 10.4 Å². The average Bonchev–Trinajstić information content (AvgIpc) is 2.21. The standard InChI is InChI=1S/C7H6NO2.BrH.Zn/c1-10-7(9)6-3-2-4-8-5-6;;/h2-3,5H,1H3;1H;/q-1;;+2/p-1. The van der Waals surface area contributed by atoms with Crippen molar-refractivity contribution in [3.8, 4) is 0 Å². The van der Waals surface area contributed by atoms with Crippen molar-refractivity contribution in [1.82, 2.24) is 4.98 Å². The molecule has 5 heteroatoms. The first-order valence-corrected chi connectivity index (χ1v) is 9.96. The van der Waals surface area contributed by atoms with Crippen molar-refractivity contribution in [2.24, 2.45) is 0 Å². The van der Waals surface area contributed by atoms with Crippen LogP contribution in [0.5, 0.6) is 0 Å². The Bertz CT molecular complexity index is 230. The van der Waals surface area contributed by atoms with Crippen molar-refractivity contribution in [3.63, 3.8) is 0 Å². The number of methoxy groups -OCH3 is 1. The second-order valence-electron chi connectivity index (χ2n) is 1.67. The van der Waals surface area contributed by atoms with Crippen LogP contribution >= 0.6 is 13.6 Å². The van der Waals surface area contributed by atoms with Gasteiger partial charge in [0.05, 0.1) is 7.11 Å². The van der Waals surface area contributed by atoms with Gasteiger partial charge in [-0.05, 0) is 5.56 Å². The molecule has 0 aliphatic rings. The van der Waals surface area contributed by atoms with Crippen molar-refractivity contribution in [3.05, 3.63) is 30.1 Å². The Kier molecular flexibility index (Phi) is 7.21. The van der Waals surface area contributed by atoms with Gasteiger partial charge in [-0.3, -0.25) is 0 Å². The van der Waals surface area contributed by atoms with E-state index in [1.807, 2.05) is 0 Å². The Morgan fingerprint density at radius 2 is 2.42 bits per heavy atom. The third-order valence-electron chi connectivity index (χ3n) is 1.04. The summed E-state index contributed by atoms with van der Waals surface area (Å²) in [5.74, 6) is -0.374. The van der Waals surface area contributed by atoms with Crippen LogP contribution in [0.15, 0.2) is 18.3 Å². The average molecular weight is 281 g/mol. The van der Waals surface area contributed by atoms with Crippen LogP contribution in [0.3, 0.4) is 0 Å². The number of halogens is 1. The predicted molar refractivity (Wildman–Crippen MR) is 43.3 cm³/mol. The first-order chi connectivity index (χ1) is 5.84. The molecule has 0 spiro atoms. The summed E-state index contributed by atoms with van der Waals surface area (Å²) in [5, 5.41) is 0. The first-order valence-electron chi connectivity index (χ1n) is 3.01. The van der Waals surface area contributed by atoms with Crippen LogP contribution in [0, 0.1) is 6.20 Å². The van der Waals surface area contributed by atoms with Crippen LogP contribution in [-0.4, -0.2) is 18.1 Å². The third-order valence-corrected chi connectivity index (χ3v) is 1.04. The second kappa shape index (κ2) is 7.38. The summed E-state index contributed by atoms with van der Waals surface area (Å²) >= 11 is 4.25. The molecule has 0 saturated carbocycles. The molecule has 0 N–H and O–H groups in total. The molecule has 60 valence electrons. The minimum absolute atomic E-state index is 0.374. The van der Waals surface area contributed by atoms with Crippen molar-refractivity contribution < 1.29 is 25.9 Å². The Morgan fingerprint density at radius 3 is 2.83 bits per heavy atom. The first kappa shape index (κ1) is 11.7. The van der Waals surface area contributed by atoms with E-state index >= 15 is 0 Å². The van der Waals surface area contributed by atoms with Gasteiger partial charge in [0.15, 0.2) is 0 Å². The third kappa shape index (κ3) is 3.93. The zero-order valence-corrected chi connectivity index (χ0v) is 11.1. The molecule has 0 unspecified atom stereocenters. The Balaban J connectivity index is 0.000000561. The summed E-state index contributed by atoms with van der Waals surface area (Å²) in [6, 6.07) is 3.16. The van der Waals surface area contributed by atoms with Crippen LogP contribution in [-0.2, 0) is 21.1 Å². The van der Waals surface area contributed by atoms with Gasteiger partial charge in [0.1, 0.15) is 0 Å². The van der Waals surface area contributed by atoms with Gasteiger partial charge in [-0.25, -0.2) is 4.79 Å². The topological polar surface area (TPSA) is 39.2 Å². The summed E-state index contributed by atoms with van der Waals surface area (Å²) in [6.45, 7) is 0. The van der Waals surface area contributed by atoms with E-state index in [0.29, 0.717) is 5.56 Å². The van der Waals surface area contributed by atoms with E-state index in [4.69, 9.17) is 0 Å². The summed E-state index contributed by atoms with van der Waals surface area (Å²) < 4.78 is 4.44. The molecule has 1 aromatic heterocycles. The molecule has 0 fully saturated rings. The Hall–Kier alpha value is -0.277. The van der Waals surface area contributed by atoms with E-state index < -0.39 is 0 Å². The number of esters is 1. The van der Waals surface area contributed by atoms with Gasteiger partial charge in [0, 0.05) is 0 Å². The van der Waals surface area contributed by atoms with E-state index in [9.17, 15) is 4.79 Å². The normalized spacial score (nSPS) is 8.00. The van der Waals surface area contributed by atoms with Gasteiger partial charge in [0.2, 0.25) is 0 Å². The molecule has 0 radical (unpaired) electrons. The second-order valence-corrected chi connectivity index (χ2v) is 1.67. The van der Waals surface area contributed by atoms with Gasteiger partial charge < -0.3 is 9.72 Å². The minimum atomic E-state index is -0.374. The Morgan fingerprint density at radius 1 is 1.75 bits per heavy atom. The molecule has 1 aromatic rings. The van der Waals surface area contributed by atoms with Gasteiger partial charge in [-0.2, -0.15) is 12.1 Å². The molecule has 0 bridgehead atoms. The van der Waals surface area contributed by atoms with Crippen molar-refractivity contribution >= 4 is 19.6 Å². The van der Waals surface area contributed by atoms with E-state index in [1.54, 1.807) is 12.1 Å². The maximum atomic E-state index is 10.7. The van der Waals surface area contributed by atoms with Crippen LogP contribution in [0.25, 0.3) is 0 Å². The molecule has 0 aliphatic carbocycles. The fraction of sp³-hybridized carbons (Fsp3) is 0.143. The quantitative estimate of drug-likeness (QED) is 0.445. The molecular formula is C7H6BrNO2Zn.